The smallest absolute Gasteiger partial charge is 0.149 e. The fraction of sp³-hybridized carbons (Fsp3) is 0.214. The van der Waals surface area contributed by atoms with Crippen LogP contribution in [0.15, 0.2) is 30.6 Å². The highest BCUT2D eigenvalue weighted by atomic mass is 15.3. The molecule has 1 aliphatic rings. The van der Waals surface area contributed by atoms with Crippen molar-refractivity contribution in [2.24, 2.45) is 0 Å². The first-order valence-corrected chi connectivity index (χ1v) is 6.40. The number of nitrogen functional groups attached to an aromatic ring is 1. The topological polar surface area (TPSA) is 69.6 Å². The molecule has 0 bridgehead atoms. The van der Waals surface area contributed by atoms with Crippen molar-refractivity contribution in [2.75, 3.05) is 5.73 Å². The predicted octanol–water partition coefficient (Wildman–Crippen LogP) is 1.89. The molecule has 19 heavy (non-hydrogen) atoms. The Morgan fingerprint density at radius 2 is 1.89 bits per heavy atom. The Labute approximate surface area is 110 Å². The van der Waals surface area contributed by atoms with E-state index in [1.54, 1.807) is 12.4 Å². The minimum atomic E-state index is 0.659. The molecule has 0 radical (unpaired) electrons. The van der Waals surface area contributed by atoms with Gasteiger partial charge in [-0.3, -0.25) is 9.97 Å². The molecule has 5 nitrogen and oxygen atoms in total. The standard InChI is InChI=1S/C14H13N5/c15-14-10-2-1-3-13(10)19(18-14)9-4-5-11-12(8-9)17-7-6-16-11/h4-8H,1-3H2,(H2,15,18). The number of nitrogens with zero attached hydrogens (tertiary/aromatic N) is 4. The average molecular weight is 251 g/mol. The molecule has 2 N–H and O–H groups in total. The van der Waals surface area contributed by atoms with E-state index in [2.05, 4.69) is 15.1 Å². The van der Waals surface area contributed by atoms with Crippen molar-refractivity contribution in [3.63, 3.8) is 0 Å². The monoisotopic (exact) mass is 251 g/mol. The molecular formula is C14H13N5. The summed E-state index contributed by atoms with van der Waals surface area (Å²) in [7, 11) is 0. The molecule has 0 amide bonds. The van der Waals surface area contributed by atoms with Crippen molar-refractivity contribution < 1.29 is 0 Å². The van der Waals surface area contributed by atoms with E-state index in [9.17, 15) is 0 Å². The van der Waals surface area contributed by atoms with Crippen molar-refractivity contribution >= 4 is 16.9 Å². The number of anilines is 1. The van der Waals surface area contributed by atoms with Gasteiger partial charge in [0.25, 0.3) is 0 Å². The number of fused-ring (bicyclic) bond motifs is 2. The first-order valence-electron chi connectivity index (χ1n) is 6.40. The Balaban J connectivity index is 1.93. The molecular weight excluding hydrogens is 238 g/mol. The van der Waals surface area contributed by atoms with Gasteiger partial charge in [-0.25, -0.2) is 4.68 Å². The second-order valence-electron chi connectivity index (χ2n) is 4.81. The van der Waals surface area contributed by atoms with Gasteiger partial charge in [0.2, 0.25) is 0 Å². The van der Waals surface area contributed by atoms with E-state index < -0.39 is 0 Å². The normalized spacial score (nSPS) is 13.9. The molecule has 1 aliphatic carbocycles. The van der Waals surface area contributed by atoms with Crippen molar-refractivity contribution in [1.29, 1.82) is 0 Å². The Morgan fingerprint density at radius 1 is 1.05 bits per heavy atom. The quantitative estimate of drug-likeness (QED) is 0.717. The lowest BCUT2D eigenvalue weighted by atomic mass is 10.2. The molecule has 0 unspecified atom stereocenters. The van der Waals surface area contributed by atoms with Gasteiger partial charge in [-0.1, -0.05) is 0 Å². The van der Waals surface area contributed by atoms with Crippen LogP contribution in [-0.4, -0.2) is 19.7 Å². The molecule has 0 spiro atoms. The molecule has 0 saturated carbocycles. The Bertz CT molecular complexity index is 775. The minimum absolute atomic E-state index is 0.659. The number of hydrogen-bond donors (Lipinski definition) is 1. The Hall–Kier alpha value is -2.43. The van der Waals surface area contributed by atoms with Crippen molar-refractivity contribution in [1.82, 2.24) is 19.7 Å². The van der Waals surface area contributed by atoms with E-state index >= 15 is 0 Å². The van der Waals surface area contributed by atoms with Crippen LogP contribution in [-0.2, 0) is 12.8 Å². The zero-order valence-electron chi connectivity index (χ0n) is 10.4. The van der Waals surface area contributed by atoms with Gasteiger partial charge in [0.15, 0.2) is 0 Å². The highest BCUT2D eigenvalue weighted by molar-refractivity contribution is 5.76. The number of hydrogen-bond acceptors (Lipinski definition) is 4. The summed E-state index contributed by atoms with van der Waals surface area (Å²) in [5.41, 5.74) is 11.2. The van der Waals surface area contributed by atoms with E-state index in [4.69, 9.17) is 5.73 Å². The molecule has 2 heterocycles. The SMILES string of the molecule is Nc1nn(-c2ccc3nccnc3c2)c2c1CCC2. The number of nitrogens with two attached hydrogens (primary N) is 1. The third kappa shape index (κ3) is 1.51. The number of rotatable bonds is 1. The average Bonchev–Trinajstić information content (AvgIpc) is 3.03. The van der Waals surface area contributed by atoms with Crippen LogP contribution in [0, 0.1) is 0 Å². The Kier molecular flexibility index (Phi) is 2.09. The van der Waals surface area contributed by atoms with Crippen LogP contribution in [0.3, 0.4) is 0 Å². The van der Waals surface area contributed by atoms with Gasteiger partial charge in [0.1, 0.15) is 5.82 Å². The second kappa shape index (κ2) is 3.78. The first-order chi connectivity index (χ1) is 9.33. The summed E-state index contributed by atoms with van der Waals surface area (Å²) in [5, 5.41) is 4.46. The van der Waals surface area contributed by atoms with E-state index in [-0.39, 0.29) is 0 Å². The maximum absolute atomic E-state index is 5.98. The maximum Gasteiger partial charge on any atom is 0.149 e. The number of aromatic nitrogens is 4. The van der Waals surface area contributed by atoms with Crippen LogP contribution in [0.5, 0.6) is 0 Å². The predicted molar refractivity (Wildman–Crippen MR) is 73.1 cm³/mol. The molecule has 4 rings (SSSR count). The van der Waals surface area contributed by atoms with Gasteiger partial charge in [-0.15, -0.1) is 0 Å². The Morgan fingerprint density at radius 3 is 2.79 bits per heavy atom. The zero-order chi connectivity index (χ0) is 12.8. The van der Waals surface area contributed by atoms with Crippen LogP contribution in [0.1, 0.15) is 17.7 Å². The van der Waals surface area contributed by atoms with Crippen LogP contribution in [0.4, 0.5) is 5.82 Å². The van der Waals surface area contributed by atoms with Crippen LogP contribution in [0.25, 0.3) is 16.7 Å². The lowest BCUT2D eigenvalue weighted by molar-refractivity contribution is 0.789. The van der Waals surface area contributed by atoms with E-state index in [1.807, 2.05) is 22.9 Å². The van der Waals surface area contributed by atoms with E-state index in [0.29, 0.717) is 5.82 Å². The summed E-state index contributed by atoms with van der Waals surface area (Å²) in [6, 6.07) is 5.99. The third-order valence-corrected chi connectivity index (χ3v) is 3.66. The molecule has 1 aromatic carbocycles. The zero-order valence-corrected chi connectivity index (χ0v) is 10.4. The summed E-state index contributed by atoms with van der Waals surface area (Å²) < 4.78 is 1.95. The van der Waals surface area contributed by atoms with Gasteiger partial charge in [0, 0.05) is 23.7 Å². The highest BCUT2D eigenvalue weighted by Gasteiger charge is 2.21. The molecule has 3 aromatic rings. The van der Waals surface area contributed by atoms with E-state index in [1.165, 1.54) is 11.3 Å². The lowest BCUT2D eigenvalue weighted by Crippen LogP contribution is -2.02. The second-order valence-corrected chi connectivity index (χ2v) is 4.81. The van der Waals surface area contributed by atoms with Gasteiger partial charge >= 0.3 is 0 Å². The van der Waals surface area contributed by atoms with Gasteiger partial charge in [-0.05, 0) is 37.5 Å². The molecule has 94 valence electrons. The highest BCUT2D eigenvalue weighted by Crippen LogP contribution is 2.29. The minimum Gasteiger partial charge on any atom is -0.382 e. The lowest BCUT2D eigenvalue weighted by Gasteiger charge is -2.06. The fourth-order valence-electron chi connectivity index (χ4n) is 2.76. The molecule has 0 aliphatic heterocycles. The summed E-state index contributed by atoms with van der Waals surface area (Å²) in [6.45, 7) is 0. The van der Waals surface area contributed by atoms with Crippen molar-refractivity contribution in [3.8, 4) is 5.69 Å². The summed E-state index contributed by atoms with van der Waals surface area (Å²) >= 11 is 0. The van der Waals surface area contributed by atoms with Crippen molar-refractivity contribution in [2.45, 2.75) is 19.3 Å². The molecule has 5 heteroatoms. The van der Waals surface area contributed by atoms with Crippen LogP contribution in [0.2, 0.25) is 0 Å². The molecule has 2 aromatic heterocycles. The number of benzene rings is 1. The van der Waals surface area contributed by atoms with Gasteiger partial charge in [-0.2, -0.15) is 5.10 Å². The third-order valence-electron chi connectivity index (χ3n) is 3.66. The van der Waals surface area contributed by atoms with Crippen molar-refractivity contribution in [3.05, 3.63) is 41.9 Å². The maximum atomic E-state index is 5.98. The summed E-state index contributed by atoms with van der Waals surface area (Å²) in [4.78, 5) is 8.61. The summed E-state index contributed by atoms with van der Waals surface area (Å²) in [6.07, 6.45) is 6.64. The molecule has 0 fully saturated rings. The fourth-order valence-corrected chi connectivity index (χ4v) is 2.76. The van der Waals surface area contributed by atoms with Gasteiger partial charge < -0.3 is 5.73 Å². The van der Waals surface area contributed by atoms with Crippen LogP contribution < -0.4 is 5.73 Å². The van der Waals surface area contributed by atoms with Gasteiger partial charge in [0.05, 0.1) is 16.7 Å². The largest absolute Gasteiger partial charge is 0.382 e. The molecule has 0 saturated heterocycles. The first kappa shape index (κ1) is 10.5. The summed E-state index contributed by atoms with van der Waals surface area (Å²) in [5.74, 6) is 0.659. The molecule has 0 atom stereocenters. The van der Waals surface area contributed by atoms with Crippen LogP contribution >= 0.6 is 0 Å². The van der Waals surface area contributed by atoms with E-state index in [0.717, 1.165) is 36.0 Å².